The van der Waals surface area contributed by atoms with Gasteiger partial charge >= 0.3 is 11.9 Å². The molecule has 15 heteroatoms. The van der Waals surface area contributed by atoms with Crippen molar-refractivity contribution in [1.82, 2.24) is 10.2 Å². The van der Waals surface area contributed by atoms with E-state index in [1.807, 2.05) is 60.7 Å². The number of carboxylic acid groups (broad SMARTS) is 1. The SMILES string of the molecule is CC(=O)N(C1O[C@H](CO)[C@@H](O)[C@H](OCC(=O)O)[C@H]1N)[C@H](C(=O)N[C@H](CCC(=O)OC(c1ccccc1)c1ccccc1)C(N)=O)C(C)C. The van der Waals surface area contributed by atoms with Gasteiger partial charge in [0.2, 0.25) is 17.7 Å². The summed E-state index contributed by atoms with van der Waals surface area (Å²) in [5.74, 6) is -5.07. The first-order valence-electron chi connectivity index (χ1n) is 15.5. The normalized spacial score (nSPS) is 22.0. The zero-order valence-corrected chi connectivity index (χ0v) is 27.0. The molecule has 1 unspecified atom stereocenters. The van der Waals surface area contributed by atoms with E-state index in [4.69, 9.17) is 30.8 Å². The fraction of sp³-hybridized carbons (Fsp3) is 0.485. The minimum absolute atomic E-state index is 0.218. The highest BCUT2D eigenvalue weighted by Crippen LogP contribution is 2.29. The van der Waals surface area contributed by atoms with Crippen LogP contribution >= 0.6 is 0 Å². The Morgan fingerprint density at radius 3 is 2.02 bits per heavy atom. The average Bonchev–Trinajstić information content (AvgIpc) is 3.04. The number of esters is 1. The van der Waals surface area contributed by atoms with Crippen LogP contribution in [0.1, 0.15) is 50.8 Å². The second kappa shape index (κ2) is 17.7. The largest absolute Gasteiger partial charge is 0.480 e. The molecule has 15 nitrogen and oxygen atoms in total. The number of primary amides is 1. The second-order valence-electron chi connectivity index (χ2n) is 11.8. The molecule has 0 bridgehead atoms. The van der Waals surface area contributed by atoms with E-state index in [0.29, 0.717) is 0 Å². The number of hydrogen-bond acceptors (Lipinski definition) is 11. The Morgan fingerprint density at radius 1 is 1.00 bits per heavy atom. The molecule has 0 aliphatic carbocycles. The number of carbonyl (C=O) groups excluding carboxylic acids is 4. The number of ether oxygens (including phenoxy) is 3. The number of nitrogens with zero attached hydrogens (tertiary/aromatic N) is 1. The predicted molar refractivity (Wildman–Crippen MR) is 169 cm³/mol. The molecule has 8 N–H and O–H groups in total. The third-order valence-electron chi connectivity index (χ3n) is 7.91. The van der Waals surface area contributed by atoms with E-state index in [1.165, 1.54) is 0 Å². The number of carboxylic acids is 1. The molecule has 1 fully saturated rings. The lowest BCUT2D eigenvalue weighted by Crippen LogP contribution is -2.70. The van der Waals surface area contributed by atoms with E-state index < -0.39 is 97.6 Å². The van der Waals surface area contributed by atoms with Crippen molar-refractivity contribution in [2.24, 2.45) is 17.4 Å². The zero-order valence-electron chi connectivity index (χ0n) is 27.0. The van der Waals surface area contributed by atoms with Gasteiger partial charge in [0, 0.05) is 13.3 Å². The van der Waals surface area contributed by atoms with E-state index in [0.717, 1.165) is 23.0 Å². The maximum atomic E-state index is 13.8. The molecule has 48 heavy (non-hydrogen) atoms. The van der Waals surface area contributed by atoms with Crippen molar-refractivity contribution in [1.29, 1.82) is 0 Å². The molecule has 2 aromatic carbocycles. The maximum Gasteiger partial charge on any atom is 0.329 e. The van der Waals surface area contributed by atoms with E-state index in [2.05, 4.69) is 5.32 Å². The van der Waals surface area contributed by atoms with Gasteiger partial charge in [0.05, 0.1) is 12.6 Å². The Hall–Kier alpha value is -4.41. The summed E-state index contributed by atoms with van der Waals surface area (Å²) in [6, 6.07) is 14.2. The van der Waals surface area contributed by atoms with Gasteiger partial charge in [0.15, 0.2) is 12.3 Å². The average molecular weight is 673 g/mol. The number of aliphatic hydroxyl groups is 2. The summed E-state index contributed by atoms with van der Waals surface area (Å²) in [6.07, 6.45) is -6.98. The molecule has 1 aliphatic rings. The third kappa shape index (κ3) is 9.81. The van der Waals surface area contributed by atoms with E-state index >= 15 is 0 Å². The van der Waals surface area contributed by atoms with Crippen LogP contribution in [-0.4, -0.2) is 106 Å². The lowest BCUT2D eigenvalue weighted by molar-refractivity contribution is -0.241. The molecule has 3 amide bonds. The highest BCUT2D eigenvalue weighted by atomic mass is 16.6. The summed E-state index contributed by atoms with van der Waals surface area (Å²) >= 11 is 0. The summed E-state index contributed by atoms with van der Waals surface area (Å²) in [4.78, 5) is 64.5. The van der Waals surface area contributed by atoms with Crippen molar-refractivity contribution >= 4 is 29.7 Å². The molecule has 262 valence electrons. The molecule has 0 radical (unpaired) electrons. The molecule has 2 aromatic rings. The van der Waals surface area contributed by atoms with Gasteiger partial charge in [-0.25, -0.2) is 4.79 Å². The minimum atomic E-state index is -1.55. The number of nitrogens with two attached hydrogens (primary N) is 2. The first-order valence-corrected chi connectivity index (χ1v) is 15.5. The van der Waals surface area contributed by atoms with Crippen molar-refractivity contribution < 1.29 is 53.5 Å². The van der Waals surface area contributed by atoms with Crippen LogP contribution in [0.5, 0.6) is 0 Å². The molecule has 0 spiro atoms. The highest BCUT2D eigenvalue weighted by molar-refractivity contribution is 5.91. The standard InChI is InChI=1S/C33H44N4O11/c1-18(2)27(37(19(3)39)33-26(34)30(46-17-24(40)41)28(43)23(16-38)47-33)32(45)36-22(31(35)44)14-15-25(42)48-29(20-10-6-4-7-11-20)21-12-8-5-9-13-21/h4-13,18,22-23,26-30,33,38,43H,14-17,34H2,1-3H3,(H2,35,44)(H,36,45)(H,40,41)/t22-,23-,26-,27+,28-,30-,33?/m1/s1. The second-order valence-corrected chi connectivity index (χ2v) is 11.8. The molecule has 7 atom stereocenters. The smallest absolute Gasteiger partial charge is 0.329 e. The number of nitrogens with one attached hydrogen (secondary N) is 1. The van der Waals surface area contributed by atoms with Gasteiger partial charge < -0.3 is 51.2 Å². The van der Waals surface area contributed by atoms with Crippen LogP contribution in [0.25, 0.3) is 0 Å². The van der Waals surface area contributed by atoms with Gasteiger partial charge in [0.1, 0.15) is 37.0 Å². The first kappa shape index (κ1) is 38.0. The number of carbonyl (C=O) groups is 5. The monoisotopic (exact) mass is 672 g/mol. The molecule has 0 saturated carbocycles. The van der Waals surface area contributed by atoms with Crippen molar-refractivity contribution in [3.8, 4) is 0 Å². The van der Waals surface area contributed by atoms with E-state index in [-0.39, 0.29) is 12.8 Å². The van der Waals surface area contributed by atoms with Crippen LogP contribution in [0.3, 0.4) is 0 Å². The molecule has 1 heterocycles. The van der Waals surface area contributed by atoms with Gasteiger partial charge in [-0.15, -0.1) is 0 Å². The maximum absolute atomic E-state index is 13.8. The number of rotatable bonds is 16. The molecule has 3 rings (SSSR count). The fourth-order valence-corrected chi connectivity index (χ4v) is 5.59. The lowest BCUT2D eigenvalue weighted by atomic mass is 9.93. The molecule has 0 aromatic heterocycles. The number of benzene rings is 2. The summed E-state index contributed by atoms with van der Waals surface area (Å²) in [5, 5.41) is 32.1. The van der Waals surface area contributed by atoms with Crippen molar-refractivity contribution in [3.05, 3.63) is 71.8 Å². The Balaban J connectivity index is 1.79. The zero-order chi connectivity index (χ0) is 35.5. The van der Waals surface area contributed by atoms with Crippen LogP contribution in [-0.2, 0) is 38.2 Å². The van der Waals surface area contributed by atoms with Crippen molar-refractivity contribution in [2.45, 2.75) is 82.4 Å². The van der Waals surface area contributed by atoms with Crippen molar-refractivity contribution in [2.75, 3.05) is 13.2 Å². The molecular formula is C33H44N4O11. The summed E-state index contributed by atoms with van der Waals surface area (Å²) < 4.78 is 16.9. The van der Waals surface area contributed by atoms with Crippen molar-refractivity contribution in [3.63, 3.8) is 0 Å². The van der Waals surface area contributed by atoms with Crippen LogP contribution < -0.4 is 16.8 Å². The number of hydrogen-bond donors (Lipinski definition) is 6. The van der Waals surface area contributed by atoms with Gasteiger partial charge in [-0.1, -0.05) is 74.5 Å². The Bertz CT molecular complexity index is 1350. The van der Waals surface area contributed by atoms with Gasteiger partial charge in [-0.2, -0.15) is 0 Å². The fourth-order valence-electron chi connectivity index (χ4n) is 5.59. The van der Waals surface area contributed by atoms with Gasteiger partial charge in [-0.05, 0) is 23.5 Å². The number of aliphatic carboxylic acids is 1. The minimum Gasteiger partial charge on any atom is -0.480 e. The summed E-state index contributed by atoms with van der Waals surface area (Å²) in [7, 11) is 0. The van der Waals surface area contributed by atoms with Crippen LogP contribution in [0.4, 0.5) is 0 Å². The Labute approximate surface area is 278 Å². The van der Waals surface area contributed by atoms with E-state index in [1.54, 1.807) is 13.8 Å². The first-order chi connectivity index (χ1) is 22.8. The third-order valence-corrected chi connectivity index (χ3v) is 7.91. The summed E-state index contributed by atoms with van der Waals surface area (Å²) in [6.45, 7) is 2.80. The molecule has 1 saturated heterocycles. The topological polar surface area (TPSA) is 241 Å². The van der Waals surface area contributed by atoms with Crippen LogP contribution in [0.15, 0.2) is 60.7 Å². The van der Waals surface area contributed by atoms with Crippen LogP contribution in [0, 0.1) is 5.92 Å². The van der Waals surface area contributed by atoms with Crippen LogP contribution in [0.2, 0.25) is 0 Å². The van der Waals surface area contributed by atoms with E-state index in [9.17, 15) is 34.2 Å². The molecular weight excluding hydrogens is 628 g/mol. The predicted octanol–water partition coefficient (Wildman–Crippen LogP) is -0.182. The van der Waals surface area contributed by atoms with Gasteiger partial charge in [-0.3, -0.25) is 19.2 Å². The van der Waals surface area contributed by atoms with Gasteiger partial charge in [0.25, 0.3) is 0 Å². The lowest BCUT2D eigenvalue weighted by Gasteiger charge is -2.48. The summed E-state index contributed by atoms with van der Waals surface area (Å²) in [5.41, 5.74) is 13.4. The number of aliphatic hydroxyl groups excluding tert-OH is 2. The number of amides is 3. The Morgan fingerprint density at radius 2 is 1.56 bits per heavy atom. The Kier molecular flexibility index (Phi) is 14.0. The molecule has 1 aliphatic heterocycles. The quantitative estimate of drug-likeness (QED) is 0.127. The highest BCUT2D eigenvalue weighted by Gasteiger charge is 2.50.